The van der Waals surface area contributed by atoms with Crippen LogP contribution in [0.25, 0.3) is 33.5 Å². The Labute approximate surface area is 262 Å². The van der Waals surface area contributed by atoms with Gasteiger partial charge in [0.05, 0.1) is 13.2 Å². The molecule has 2 aromatic carbocycles. The van der Waals surface area contributed by atoms with Crippen molar-refractivity contribution in [3.05, 3.63) is 83.9 Å². The van der Waals surface area contributed by atoms with E-state index in [9.17, 15) is 4.79 Å². The highest BCUT2D eigenvalue weighted by atomic mass is 32.2. The van der Waals surface area contributed by atoms with E-state index in [0.29, 0.717) is 48.1 Å². The standard InChI is InChI=1S/C34H39N5O4S/c1-6-42-34(40)32-29(26-11-13-27(14-12-26)43-19-24-7-9-25(10-8-24)22(2)3)31(37-38-32)30-28-15-16-39(33(28)36-20-35-30)21-41-17-18-44-23(4)5/h7-16,20,22-23H,6,17-19,21H2,1-5H3,(H,37,38). The monoisotopic (exact) mass is 613 g/mol. The van der Waals surface area contributed by atoms with Crippen molar-refractivity contribution >= 4 is 28.8 Å². The van der Waals surface area contributed by atoms with Gasteiger partial charge in [-0.25, -0.2) is 14.8 Å². The molecule has 10 heteroatoms. The van der Waals surface area contributed by atoms with Crippen molar-refractivity contribution in [1.82, 2.24) is 24.7 Å². The molecule has 0 aliphatic heterocycles. The molecule has 0 aliphatic rings. The van der Waals surface area contributed by atoms with Gasteiger partial charge in [-0.15, -0.1) is 0 Å². The van der Waals surface area contributed by atoms with Crippen LogP contribution in [0.2, 0.25) is 0 Å². The van der Waals surface area contributed by atoms with Crippen molar-refractivity contribution < 1.29 is 19.0 Å². The van der Waals surface area contributed by atoms with Gasteiger partial charge in [-0.1, -0.05) is 64.1 Å². The lowest BCUT2D eigenvalue weighted by molar-refractivity contribution is 0.0520. The maximum absolute atomic E-state index is 13.0. The number of carbonyl (C=O) groups excluding carboxylic acids is 1. The zero-order chi connectivity index (χ0) is 31.1. The van der Waals surface area contributed by atoms with Crippen LogP contribution in [0, 0.1) is 0 Å². The van der Waals surface area contributed by atoms with Crippen LogP contribution in [0.5, 0.6) is 5.75 Å². The van der Waals surface area contributed by atoms with Crippen molar-refractivity contribution in [3.8, 4) is 28.3 Å². The SMILES string of the molecule is CCOC(=O)c1[nH]nc(-c2ncnc3c2ccn3COCCSC(C)C)c1-c1ccc(OCc2ccc(C(C)C)cc2)cc1. The quantitative estimate of drug-likeness (QED) is 0.102. The Morgan fingerprint density at radius 2 is 1.75 bits per heavy atom. The van der Waals surface area contributed by atoms with Gasteiger partial charge in [0.2, 0.25) is 0 Å². The highest BCUT2D eigenvalue weighted by Gasteiger charge is 2.25. The second kappa shape index (κ2) is 14.5. The number of thioether (sulfide) groups is 1. The Morgan fingerprint density at radius 1 is 0.977 bits per heavy atom. The van der Waals surface area contributed by atoms with Crippen molar-refractivity contribution in [2.45, 2.75) is 59.1 Å². The van der Waals surface area contributed by atoms with Crippen LogP contribution in [0.15, 0.2) is 67.1 Å². The normalized spacial score (nSPS) is 11.5. The summed E-state index contributed by atoms with van der Waals surface area (Å²) >= 11 is 1.87. The lowest BCUT2D eigenvalue weighted by atomic mass is 10.00. The number of hydrogen-bond donors (Lipinski definition) is 1. The van der Waals surface area contributed by atoms with Gasteiger partial charge in [-0.05, 0) is 53.0 Å². The van der Waals surface area contributed by atoms with Gasteiger partial charge in [0.1, 0.15) is 42.4 Å². The van der Waals surface area contributed by atoms with Gasteiger partial charge in [-0.2, -0.15) is 16.9 Å². The summed E-state index contributed by atoms with van der Waals surface area (Å²) < 4.78 is 19.3. The summed E-state index contributed by atoms with van der Waals surface area (Å²) in [5.41, 5.74) is 5.91. The first-order valence-corrected chi connectivity index (χ1v) is 16.0. The molecule has 0 radical (unpaired) electrons. The number of carbonyl (C=O) groups is 1. The molecule has 0 fully saturated rings. The molecule has 0 bridgehead atoms. The molecule has 0 aliphatic carbocycles. The summed E-state index contributed by atoms with van der Waals surface area (Å²) in [5, 5.41) is 8.84. The minimum absolute atomic E-state index is 0.244. The Balaban J connectivity index is 1.40. The van der Waals surface area contributed by atoms with Crippen molar-refractivity contribution in [2.75, 3.05) is 19.0 Å². The van der Waals surface area contributed by atoms with Crippen molar-refractivity contribution in [1.29, 1.82) is 0 Å². The van der Waals surface area contributed by atoms with E-state index in [1.807, 2.05) is 52.9 Å². The van der Waals surface area contributed by atoms with Crippen LogP contribution in [0.4, 0.5) is 0 Å². The van der Waals surface area contributed by atoms with Crippen molar-refractivity contribution in [2.24, 2.45) is 0 Å². The molecule has 3 heterocycles. The van der Waals surface area contributed by atoms with Crippen LogP contribution in [0.3, 0.4) is 0 Å². The molecule has 230 valence electrons. The van der Waals surface area contributed by atoms with Crippen LogP contribution in [0.1, 0.15) is 62.2 Å². The first-order valence-electron chi connectivity index (χ1n) is 14.9. The summed E-state index contributed by atoms with van der Waals surface area (Å²) in [5.74, 6) is 1.65. The van der Waals surface area contributed by atoms with Gasteiger partial charge in [0.25, 0.3) is 0 Å². The van der Waals surface area contributed by atoms with Gasteiger partial charge in [-0.3, -0.25) is 5.10 Å². The first-order chi connectivity index (χ1) is 21.4. The fourth-order valence-electron chi connectivity index (χ4n) is 4.83. The third-order valence-corrected chi connectivity index (χ3v) is 8.20. The molecule has 0 atom stereocenters. The van der Waals surface area contributed by atoms with E-state index in [-0.39, 0.29) is 12.3 Å². The number of nitrogens with zero attached hydrogens (tertiary/aromatic N) is 4. The number of aromatic amines is 1. The number of hydrogen-bond acceptors (Lipinski definition) is 8. The second-order valence-corrected chi connectivity index (χ2v) is 12.6. The smallest absolute Gasteiger partial charge is 0.357 e. The van der Waals surface area contributed by atoms with E-state index >= 15 is 0 Å². The highest BCUT2D eigenvalue weighted by Crippen LogP contribution is 2.36. The molecule has 5 rings (SSSR count). The van der Waals surface area contributed by atoms with E-state index in [1.54, 1.807) is 6.92 Å². The molecular weight excluding hydrogens is 574 g/mol. The number of benzene rings is 2. The zero-order valence-electron chi connectivity index (χ0n) is 25.9. The molecule has 0 saturated heterocycles. The predicted molar refractivity (Wildman–Crippen MR) is 175 cm³/mol. The Kier molecular flexibility index (Phi) is 10.3. The molecular formula is C34H39N5O4S. The summed E-state index contributed by atoms with van der Waals surface area (Å²) in [6.45, 7) is 12.2. The largest absolute Gasteiger partial charge is 0.489 e. The van der Waals surface area contributed by atoms with E-state index in [4.69, 9.17) is 14.2 Å². The highest BCUT2D eigenvalue weighted by molar-refractivity contribution is 7.99. The average Bonchev–Trinajstić information content (AvgIpc) is 3.65. The number of nitrogens with one attached hydrogen (secondary N) is 1. The van der Waals surface area contributed by atoms with Gasteiger partial charge in [0.15, 0.2) is 5.69 Å². The van der Waals surface area contributed by atoms with Crippen molar-refractivity contribution in [3.63, 3.8) is 0 Å². The minimum Gasteiger partial charge on any atom is -0.489 e. The van der Waals surface area contributed by atoms with Gasteiger partial charge < -0.3 is 18.8 Å². The summed E-state index contributed by atoms with van der Waals surface area (Å²) in [7, 11) is 0. The first kappa shape index (κ1) is 31.3. The summed E-state index contributed by atoms with van der Waals surface area (Å²) in [6.07, 6.45) is 3.44. The molecule has 0 saturated carbocycles. The topological polar surface area (TPSA) is 104 Å². The number of aromatic nitrogens is 5. The molecule has 1 N–H and O–H groups in total. The molecule has 9 nitrogen and oxygen atoms in total. The fraction of sp³-hybridized carbons (Fsp3) is 0.353. The van der Waals surface area contributed by atoms with Crippen LogP contribution < -0.4 is 4.74 Å². The predicted octanol–water partition coefficient (Wildman–Crippen LogP) is 7.48. The maximum Gasteiger partial charge on any atom is 0.357 e. The number of esters is 1. The molecule has 5 aromatic rings. The fourth-order valence-corrected chi connectivity index (χ4v) is 5.52. The van der Waals surface area contributed by atoms with E-state index in [1.165, 1.54) is 11.9 Å². The minimum atomic E-state index is -0.484. The zero-order valence-corrected chi connectivity index (χ0v) is 26.7. The molecule has 0 unspecified atom stereocenters. The lowest BCUT2D eigenvalue weighted by Gasteiger charge is -2.11. The maximum atomic E-state index is 13.0. The Hall–Kier alpha value is -4.15. The van der Waals surface area contributed by atoms with E-state index in [2.05, 4.69) is 72.1 Å². The number of H-pyrrole nitrogens is 1. The number of rotatable bonds is 14. The molecule has 3 aromatic heterocycles. The molecule has 0 amide bonds. The van der Waals surface area contributed by atoms with Crippen LogP contribution >= 0.6 is 11.8 Å². The second-order valence-electron chi connectivity index (χ2n) is 11.0. The van der Waals surface area contributed by atoms with E-state index in [0.717, 1.165) is 33.7 Å². The van der Waals surface area contributed by atoms with Gasteiger partial charge >= 0.3 is 5.97 Å². The summed E-state index contributed by atoms with van der Waals surface area (Å²) in [4.78, 5) is 22.1. The lowest BCUT2D eigenvalue weighted by Crippen LogP contribution is -2.07. The number of fused-ring (bicyclic) bond motifs is 1. The Morgan fingerprint density at radius 3 is 2.45 bits per heavy atom. The molecule has 0 spiro atoms. The van der Waals surface area contributed by atoms with Gasteiger partial charge in [0, 0.05) is 22.9 Å². The Bertz CT molecular complexity index is 1680. The van der Waals surface area contributed by atoms with Crippen LogP contribution in [-0.4, -0.2) is 54.9 Å². The number of ether oxygens (including phenoxy) is 3. The summed E-state index contributed by atoms with van der Waals surface area (Å²) in [6, 6.07) is 18.0. The third kappa shape index (κ3) is 7.31. The van der Waals surface area contributed by atoms with Crippen LogP contribution in [-0.2, 0) is 22.8 Å². The average molecular weight is 614 g/mol. The van der Waals surface area contributed by atoms with E-state index < -0.39 is 5.97 Å². The third-order valence-electron chi connectivity index (χ3n) is 7.13. The molecule has 44 heavy (non-hydrogen) atoms.